The molecule has 4 fully saturated rings. The first-order valence-corrected chi connectivity index (χ1v) is 7.56. The van der Waals surface area contributed by atoms with E-state index in [1.165, 1.54) is 32.1 Å². The molecule has 0 aromatic carbocycles. The topological polar surface area (TPSA) is 37.3 Å². The highest BCUT2D eigenvalue weighted by Crippen LogP contribution is 2.57. The monoisotopic (exact) mass is 268 g/mol. The predicted octanol–water partition coefficient (Wildman–Crippen LogP) is 4.05. The molecule has 0 saturated heterocycles. The molecular formula is C15H21ClO2. The fourth-order valence-corrected chi connectivity index (χ4v) is 5.13. The van der Waals surface area contributed by atoms with Crippen molar-refractivity contribution in [3.8, 4) is 0 Å². The SMILES string of the molecule is O=C(O)C/C=C(\Cl)CC1C2CC3CC(C2)CC1C3. The molecule has 0 aromatic rings. The van der Waals surface area contributed by atoms with E-state index in [1.807, 2.05) is 0 Å². The molecular weight excluding hydrogens is 248 g/mol. The maximum absolute atomic E-state index is 10.5. The summed E-state index contributed by atoms with van der Waals surface area (Å²) in [6, 6.07) is 0. The van der Waals surface area contributed by atoms with E-state index in [0.717, 1.165) is 41.0 Å². The van der Waals surface area contributed by atoms with Gasteiger partial charge < -0.3 is 5.11 Å². The quantitative estimate of drug-likeness (QED) is 0.835. The normalized spacial score (nSPS) is 42.3. The summed E-state index contributed by atoms with van der Waals surface area (Å²) in [5, 5.41) is 9.44. The van der Waals surface area contributed by atoms with Crippen LogP contribution in [0, 0.1) is 29.6 Å². The van der Waals surface area contributed by atoms with Crippen molar-refractivity contribution in [3.63, 3.8) is 0 Å². The van der Waals surface area contributed by atoms with Crippen LogP contribution in [0.15, 0.2) is 11.1 Å². The average Bonchev–Trinajstić information content (AvgIpc) is 2.30. The van der Waals surface area contributed by atoms with Crippen LogP contribution in [0.4, 0.5) is 0 Å². The highest BCUT2D eigenvalue weighted by molar-refractivity contribution is 6.29. The van der Waals surface area contributed by atoms with E-state index in [1.54, 1.807) is 6.08 Å². The van der Waals surface area contributed by atoms with E-state index in [9.17, 15) is 4.79 Å². The van der Waals surface area contributed by atoms with Gasteiger partial charge in [0, 0.05) is 5.03 Å². The summed E-state index contributed by atoms with van der Waals surface area (Å²) in [6.45, 7) is 0. The molecule has 4 saturated carbocycles. The Morgan fingerprint density at radius 3 is 2.17 bits per heavy atom. The molecule has 0 spiro atoms. The summed E-state index contributed by atoms with van der Waals surface area (Å²) in [5.74, 6) is 3.66. The number of halogens is 1. The summed E-state index contributed by atoms with van der Waals surface area (Å²) in [6.07, 6.45) is 9.76. The van der Waals surface area contributed by atoms with Crippen LogP contribution in [0.1, 0.15) is 44.9 Å². The predicted molar refractivity (Wildman–Crippen MR) is 71.3 cm³/mol. The van der Waals surface area contributed by atoms with Crippen LogP contribution in [0.2, 0.25) is 0 Å². The molecule has 4 aliphatic rings. The van der Waals surface area contributed by atoms with Gasteiger partial charge in [0.25, 0.3) is 0 Å². The zero-order chi connectivity index (χ0) is 12.7. The van der Waals surface area contributed by atoms with E-state index in [-0.39, 0.29) is 6.42 Å². The second kappa shape index (κ2) is 4.88. The number of hydrogen-bond acceptors (Lipinski definition) is 1. The second-order valence-electron chi connectivity index (χ2n) is 6.55. The third-order valence-corrected chi connectivity index (χ3v) is 5.66. The Morgan fingerprint density at radius 2 is 1.67 bits per heavy atom. The molecule has 4 rings (SSSR count). The maximum atomic E-state index is 10.5. The molecule has 2 nitrogen and oxygen atoms in total. The van der Waals surface area contributed by atoms with Gasteiger partial charge in [-0.2, -0.15) is 0 Å². The molecule has 0 heterocycles. The fraction of sp³-hybridized carbons (Fsp3) is 0.800. The van der Waals surface area contributed by atoms with E-state index in [4.69, 9.17) is 16.7 Å². The summed E-state index contributed by atoms with van der Waals surface area (Å²) >= 11 is 6.22. The van der Waals surface area contributed by atoms with E-state index in [0.29, 0.717) is 0 Å². The average molecular weight is 269 g/mol. The van der Waals surface area contributed by atoms with Crippen molar-refractivity contribution in [2.45, 2.75) is 44.9 Å². The van der Waals surface area contributed by atoms with Gasteiger partial charge in [-0.05, 0) is 68.1 Å². The van der Waals surface area contributed by atoms with Crippen LogP contribution >= 0.6 is 11.6 Å². The first-order chi connectivity index (χ1) is 8.61. The number of rotatable bonds is 4. The molecule has 0 amide bonds. The van der Waals surface area contributed by atoms with Gasteiger partial charge in [-0.15, -0.1) is 0 Å². The first kappa shape index (κ1) is 12.5. The second-order valence-corrected chi connectivity index (χ2v) is 7.03. The van der Waals surface area contributed by atoms with Crippen molar-refractivity contribution in [2.24, 2.45) is 29.6 Å². The van der Waals surface area contributed by atoms with Crippen LogP contribution < -0.4 is 0 Å². The van der Waals surface area contributed by atoms with Gasteiger partial charge in [0.1, 0.15) is 0 Å². The minimum atomic E-state index is -0.793. The van der Waals surface area contributed by atoms with Crippen molar-refractivity contribution < 1.29 is 9.90 Å². The van der Waals surface area contributed by atoms with E-state index in [2.05, 4.69) is 0 Å². The summed E-state index contributed by atoms with van der Waals surface area (Å²) in [4.78, 5) is 10.5. The Kier molecular flexibility index (Phi) is 3.40. The molecule has 0 aliphatic heterocycles. The number of carboxylic acid groups (broad SMARTS) is 1. The molecule has 18 heavy (non-hydrogen) atoms. The smallest absolute Gasteiger partial charge is 0.307 e. The summed E-state index contributed by atoms with van der Waals surface area (Å²) in [7, 11) is 0. The highest BCUT2D eigenvalue weighted by Gasteiger charge is 2.47. The molecule has 0 atom stereocenters. The maximum Gasteiger partial charge on any atom is 0.307 e. The zero-order valence-electron chi connectivity index (χ0n) is 10.6. The lowest BCUT2D eigenvalue weighted by Crippen LogP contribution is -2.45. The van der Waals surface area contributed by atoms with Gasteiger partial charge in [-0.25, -0.2) is 0 Å². The lowest BCUT2D eigenvalue weighted by molar-refractivity contribution is -0.136. The zero-order valence-corrected chi connectivity index (χ0v) is 11.4. The largest absolute Gasteiger partial charge is 0.481 e. The van der Waals surface area contributed by atoms with Crippen LogP contribution in [-0.2, 0) is 4.79 Å². The lowest BCUT2D eigenvalue weighted by Gasteiger charge is -2.54. The van der Waals surface area contributed by atoms with Gasteiger partial charge in [-0.3, -0.25) is 4.79 Å². The minimum absolute atomic E-state index is 0.0616. The van der Waals surface area contributed by atoms with Gasteiger partial charge >= 0.3 is 5.97 Å². The summed E-state index contributed by atoms with van der Waals surface area (Å²) < 4.78 is 0. The molecule has 0 aromatic heterocycles. The Bertz CT molecular complexity index is 347. The highest BCUT2D eigenvalue weighted by atomic mass is 35.5. The van der Waals surface area contributed by atoms with Gasteiger partial charge in [0.15, 0.2) is 0 Å². The van der Waals surface area contributed by atoms with Crippen molar-refractivity contribution in [1.82, 2.24) is 0 Å². The number of allylic oxidation sites excluding steroid dienone is 1. The number of aliphatic carboxylic acids is 1. The number of carbonyl (C=O) groups is 1. The van der Waals surface area contributed by atoms with Gasteiger partial charge in [0.05, 0.1) is 6.42 Å². The third kappa shape index (κ3) is 2.45. The third-order valence-electron chi connectivity index (χ3n) is 5.35. The molecule has 4 aliphatic carbocycles. The molecule has 1 N–H and O–H groups in total. The Labute approximate surface area is 113 Å². The van der Waals surface area contributed by atoms with Crippen LogP contribution in [0.25, 0.3) is 0 Å². The van der Waals surface area contributed by atoms with Crippen LogP contribution in [0.5, 0.6) is 0 Å². The van der Waals surface area contributed by atoms with Crippen molar-refractivity contribution in [2.75, 3.05) is 0 Å². The van der Waals surface area contributed by atoms with E-state index >= 15 is 0 Å². The molecule has 0 radical (unpaired) electrons. The molecule has 100 valence electrons. The standard InChI is InChI=1S/C15H21ClO2/c16-13(1-2-15(17)18)8-14-11-4-9-3-10(6-11)7-12(14)5-9/h1,9-12,14H,2-8H2,(H,17,18)/b13-1-. The first-order valence-electron chi connectivity index (χ1n) is 7.18. The summed E-state index contributed by atoms with van der Waals surface area (Å²) in [5.41, 5.74) is 0. The minimum Gasteiger partial charge on any atom is -0.481 e. The van der Waals surface area contributed by atoms with E-state index < -0.39 is 5.97 Å². The molecule has 4 bridgehead atoms. The van der Waals surface area contributed by atoms with Gasteiger partial charge in [-0.1, -0.05) is 17.7 Å². The Hall–Kier alpha value is -0.500. The molecule has 0 unspecified atom stereocenters. The lowest BCUT2D eigenvalue weighted by atomic mass is 9.51. The number of hydrogen-bond donors (Lipinski definition) is 1. The van der Waals surface area contributed by atoms with Crippen LogP contribution in [0.3, 0.4) is 0 Å². The Morgan fingerprint density at radius 1 is 1.11 bits per heavy atom. The van der Waals surface area contributed by atoms with Crippen molar-refractivity contribution >= 4 is 17.6 Å². The number of carboxylic acids is 1. The van der Waals surface area contributed by atoms with Crippen molar-refractivity contribution in [3.05, 3.63) is 11.1 Å². The van der Waals surface area contributed by atoms with Crippen LogP contribution in [-0.4, -0.2) is 11.1 Å². The molecule has 3 heteroatoms. The van der Waals surface area contributed by atoms with Gasteiger partial charge in [0.2, 0.25) is 0 Å². The van der Waals surface area contributed by atoms with Crippen molar-refractivity contribution in [1.29, 1.82) is 0 Å². The fourth-order valence-electron chi connectivity index (χ4n) is 4.88. The Balaban J connectivity index is 1.63.